The summed E-state index contributed by atoms with van der Waals surface area (Å²) in [7, 11) is 0. The van der Waals surface area contributed by atoms with E-state index in [-0.39, 0.29) is 6.42 Å². The molecule has 0 saturated heterocycles. The van der Waals surface area contributed by atoms with Crippen LogP contribution in [0.15, 0.2) is 42.7 Å². The number of carbonyl (C=O) groups is 1. The van der Waals surface area contributed by atoms with Gasteiger partial charge in [-0.1, -0.05) is 18.2 Å². The number of carboxylic acids is 1. The molecular weight excluding hydrogens is 204 g/mol. The molecule has 2 aromatic rings. The zero-order chi connectivity index (χ0) is 11.4. The minimum atomic E-state index is -1.03. The maximum atomic E-state index is 10.3. The molecule has 0 N–H and O–H groups in total. The molecule has 0 radical (unpaired) electrons. The highest BCUT2D eigenvalue weighted by atomic mass is 16.4. The number of para-hydroxylation sites is 1. The molecule has 0 fully saturated rings. The van der Waals surface area contributed by atoms with E-state index in [1.807, 2.05) is 36.5 Å². The minimum Gasteiger partial charge on any atom is -0.550 e. The Morgan fingerprint density at radius 1 is 1.31 bits per heavy atom. The second-order valence-electron chi connectivity index (χ2n) is 3.50. The quantitative estimate of drug-likeness (QED) is 0.748. The van der Waals surface area contributed by atoms with Crippen molar-refractivity contribution in [2.24, 2.45) is 0 Å². The molecule has 0 atom stereocenters. The molecule has 16 heavy (non-hydrogen) atoms. The first-order valence-electron chi connectivity index (χ1n) is 5.04. The third kappa shape index (κ3) is 2.48. The van der Waals surface area contributed by atoms with Crippen LogP contribution in [0.3, 0.4) is 0 Å². The van der Waals surface area contributed by atoms with Gasteiger partial charge in [0.1, 0.15) is 0 Å². The number of hydrogen-bond acceptors (Lipinski definition) is 3. The summed E-state index contributed by atoms with van der Waals surface area (Å²) < 4.78 is 1.73. The summed E-state index contributed by atoms with van der Waals surface area (Å²) in [5.74, 6) is -1.03. The number of nitrogens with zero attached hydrogens (tertiary/aromatic N) is 2. The van der Waals surface area contributed by atoms with E-state index in [4.69, 9.17) is 0 Å². The molecule has 4 nitrogen and oxygen atoms in total. The smallest absolute Gasteiger partial charge is 0.0645 e. The number of carboxylic acid groups (broad SMARTS) is 1. The van der Waals surface area contributed by atoms with Crippen LogP contribution in [-0.2, 0) is 11.2 Å². The van der Waals surface area contributed by atoms with Gasteiger partial charge in [0.2, 0.25) is 0 Å². The van der Waals surface area contributed by atoms with Crippen LogP contribution in [0.1, 0.15) is 12.0 Å². The van der Waals surface area contributed by atoms with Gasteiger partial charge >= 0.3 is 0 Å². The van der Waals surface area contributed by atoms with Crippen molar-refractivity contribution in [1.82, 2.24) is 9.78 Å². The van der Waals surface area contributed by atoms with E-state index in [0.717, 1.165) is 11.3 Å². The van der Waals surface area contributed by atoms with E-state index in [1.165, 1.54) is 0 Å². The topological polar surface area (TPSA) is 57.9 Å². The van der Waals surface area contributed by atoms with E-state index >= 15 is 0 Å². The van der Waals surface area contributed by atoms with Gasteiger partial charge in [0.25, 0.3) is 0 Å². The molecule has 0 aliphatic carbocycles. The lowest BCUT2D eigenvalue weighted by molar-refractivity contribution is -0.305. The molecule has 4 heteroatoms. The predicted molar refractivity (Wildman–Crippen MR) is 56.9 cm³/mol. The molecule has 0 saturated carbocycles. The lowest BCUT2D eigenvalue weighted by Gasteiger charge is -2.00. The van der Waals surface area contributed by atoms with Crippen LogP contribution >= 0.6 is 0 Å². The molecule has 0 spiro atoms. The molecule has 0 unspecified atom stereocenters. The van der Waals surface area contributed by atoms with Gasteiger partial charge in [-0.25, -0.2) is 4.68 Å². The number of benzene rings is 1. The Labute approximate surface area is 93.1 Å². The van der Waals surface area contributed by atoms with Gasteiger partial charge in [-0.2, -0.15) is 5.10 Å². The number of aliphatic carboxylic acids is 1. The van der Waals surface area contributed by atoms with Crippen molar-refractivity contribution >= 4 is 5.97 Å². The number of rotatable bonds is 4. The van der Waals surface area contributed by atoms with E-state index < -0.39 is 5.97 Å². The van der Waals surface area contributed by atoms with Crippen LogP contribution < -0.4 is 5.11 Å². The van der Waals surface area contributed by atoms with Gasteiger partial charge in [0, 0.05) is 12.2 Å². The van der Waals surface area contributed by atoms with Crippen LogP contribution in [0.4, 0.5) is 0 Å². The molecule has 82 valence electrons. The Hall–Kier alpha value is -2.10. The van der Waals surface area contributed by atoms with Crippen molar-refractivity contribution < 1.29 is 9.90 Å². The van der Waals surface area contributed by atoms with Crippen LogP contribution in [0.5, 0.6) is 0 Å². The predicted octanol–water partition coefficient (Wildman–Crippen LogP) is 0.555. The molecule has 0 aliphatic rings. The number of aromatic nitrogens is 2. The molecule has 0 bridgehead atoms. The maximum absolute atomic E-state index is 10.3. The Balaban J connectivity index is 2.11. The van der Waals surface area contributed by atoms with Gasteiger partial charge in [0.15, 0.2) is 0 Å². The number of hydrogen-bond donors (Lipinski definition) is 0. The van der Waals surface area contributed by atoms with Crippen molar-refractivity contribution in [3.8, 4) is 5.69 Å². The maximum Gasteiger partial charge on any atom is 0.0645 e. The molecule has 2 rings (SSSR count). The fourth-order valence-electron chi connectivity index (χ4n) is 1.46. The summed E-state index contributed by atoms with van der Waals surface area (Å²) in [6, 6.07) is 9.67. The van der Waals surface area contributed by atoms with Gasteiger partial charge in [0.05, 0.1) is 11.9 Å². The molecule has 0 amide bonds. The number of carbonyl (C=O) groups excluding carboxylic acids is 1. The zero-order valence-electron chi connectivity index (χ0n) is 8.67. The second kappa shape index (κ2) is 4.61. The Kier molecular flexibility index (Phi) is 3.00. The Morgan fingerprint density at radius 3 is 2.75 bits per heavy atom. The average molecular weight is 215 g/mol. The molecule has 0 aliphatic heterocycles. The van der Waals surface area contributed by atoms with Crippen molar-refractivity contribution in [1.29, 1.82) is 0 Å². The summed E-state index contributed by atoms with van der Waals surface area (Å²) in [5, 5.41) is 14.5. The van der Waals surface area contributed by atoms with E-state index in [2.05, 4.69) is 5.10 Å². The van der Waals surface area contributed by atoms with Crippen LogP contribution in [0.2, 0.25) is 0 Å². The normalized spacial score (nSPS) is 10.2. The van der Waals surface area contributed by atoms with Gasteiger partial charge in [-0.05, 0) is 30.5 Å². The molecule has 1 aromatic carbocycles. The zero-order valence-corrected chi connectivity index (χ0v) is 8.67. The summed E-state index contributed by atoms with van der Waals surface area (Å²) in [6.45, 7) is 0. The molecular formula is C12H11N2O2-. The van der Waals surface area contributed by atoms with Crippen molar-refractivity contribution in [2.75, 3.05) is 0 Å². The fraction of sp³-hybridized carbons (Fsp3) is 0.167. The van der Waals surface area contributed by atoms with Gasteiger partial charge < -0.3 is 9.90 Å². The lowest BCUT2D eigenvalue weighted by Crippen LogP contribution is -2.22. The van der Waals surface area contributed by atoms with Crippen LogP contribution in [0.25, 0.3) is 5.69 Å². The summed E-state index contributed by atoms with van der Waals surface area (Å²) in [6.07, 6.45) is 3.99. The largest absolute Gasteiger partial charge is 0.550 e. The monoisotopic (exact) mass is 215 g/mol. The van der Waals surface area contributed by atoms with Crippen molar-refractivity contribution in [3.63, 3.8) is 0 Å². The van der Waals surface area contributed by atoms with E-state index in [1.54, 1.807) is 10.9 Å². The Morgan fingerprint density at radius 2 is 2.06 bits per heavy atom. The van der Waals surface area contributed by atoms with Crippen molar-refractivity contribution in [3.05, 3.63) is 48.3 Å². The fourth-order valence-corrected chi connectivity index (χ4v) is 1.46. The van der Waals surface area contributed by atoms with Crippen molar-refractivity contribution in [2.45, 2.75) is 12.8 Å². The van der Waals surface area contributed by atoms with Gasteiger partial charge in [-0.15, -0.1) is 0 Å². The second-order valence-corrected chi connectivity index (χ2v) is 3.50. The first-order chi connectivity index (χ1) is 7.75. The van der Waals surface area contributed by atoms with Crippen LogP contribution in [-0.4, -0.2) is 15.7 Å². The highest BCUT2D eigenvalue weighted by Gasteiger charge is 2.00. The average Bonchev–Trinajstić information content (AvgIpc) is 2.76. The van der Waals surface area contributed by atoms with Crippen LogP contribution in [0, 0.1) is 0 Å². The summed E-state index contributed by atoms with van der Waals surface area (Å²) in [4.78, 5) is 10.3. The number of aryl methyl sites for hydroxylation is 1. The molecule has 1 heterocycles. The first kappa shape index (κ1) is 10.4. The van der Waals surface area contributed by atoms with E-state index in [9.17, 15) is 9.90 Å². The minimum absolute atomic E-state index is 0.0283. The lowest BCUT2D eigenvalue weighted by atomic mass is 10.2. The third-order valence-corrected chi connectivity index (χ3v) is 2.27. The standard InChI is InChI=1S/C12H12N2O2/c15-12(16)7-6-10-8-13-14(9-10)11-4-2-1-3-5-11/h1-5,8-9H,6-7H2,(H,15,16)/p-1. The summed E-state index contributed by atoms with van der Waals surface area (Å²) in [5.41, 5.74) is 1.86. The Bertz CT molecular complexity index is 477. The first-order valence-corrected chi connectivity index (χ1v) is 5.04. The SMILES string of the molecule is O=C([O-])CCc1cnn(-c2ccccc2)c1. The molecule has 1 aromatic heterocycles. The van der Waals surface area contributed by atoms with E-state index in [0.29, 0.717) is 6.42 Å². The summed E-state index contributed by atoms with van der Waals surface area (Å²) >= 11 is 0. The highest BCUT2D eigenvalue weighted by molar-refractivity contribution is 5.64. The highest BCUT2D eigenvalue weighted by Crippen LogP contribution is 2.08. The third-order valence-electron chi connectivity index (χ3n) is 2.27. The van der Waals surface area contributed by atoms with Gasteiger partial charge in [-0.3, -0.25) is 0 Å².